The fraction of sp³-hybridized carbons (Fsp3) is 0.455. The van der Waals surface area contributed by atoms with Gasteiger partial charge in [0.25, 0.3) is 0 Å². The average molecular weight is 231 g/mol. The Morgan fingerprint density at radius 2 is 1.94 bits per heavy atom. The number of alkyl halides is 3. The second-order valence-electron chi connectivity index (χ2n) is 4.13. The van der Waals surface area contributed by atoms with Gasteiger partial charge >= 0.3 is 6.18 Å². The zero-order valence-electron chi connectivity index (χ0n) is 8.46. The van der Waals surface area contributed by atoms with Crippen LogP contribution in [0.2, 0.25) is 0 Å². The van der Waals surface area contributed by atoms with E-state index in [9.17, 15) is 18.3 Å². The van der Waals surface area contributed by atoms with Gasteiger partial charge < -0.3 is 10.8 Å². The number of phenols is 1. The minimum atomic E-state index is -4.40. The van der Waals surface area contributed by atoms with Crippen LogP contribution in [0.4, 0.5) is 13.2 Å². The monoisotopic (exact) mass is 231 g/mol. The first-order valence-electron chi connectivity index (χ1n) is 5.05. The van der Waals surface area contributed by atoms with Crippen molar-refractivity contribution >= 4 is 0 Å². The molecule has 0 spiro atoms. The van der Waals surface area contributed by atoms with Crippen molar-refractivity contribution in [3.63, 3.8) is 0 Å². The molecule has 3 N–H and O–H groups in total. The van der Waals surface area contributed by atoms with Gasteiger partial charge in [0, 0.05) is 11.6 Å². The van der Waals surface area contributed by atoms with Crippen LogP contribution in [0.25, 0.3) is 0 Å². The molecule has 0 bridgehead atoms. The first kappa shape index (κ1) is 11.3. The van der Waals surface area contributed by atoms with Crippen LogP contribution in [-0.4, -0.2) is 5.11 Å². The number of halogens is 3. The Morgan fingerprint density at radius 1 is 1.31 bits per heavy atom. The first-order chi connectivity index (χ1) is 7.39. The van der Waals surface area contributed by atoms with E-state index in [1.165, 1.54) is 0 Å². The molecule has 2 rings (SSSR count). The second kappa shape index (κ2) is 3.66. The minimum Gasteiger partial charge on any atom is -0.508 e. The third kappa shape index (κ3) is 2.14. The van der Waals surface area contributed by atoms with E-state index < -0.39 is 17.8 Å². The van der Waals surface area contributed by atoms with Crippen LogP contribution in [-0.2, 0) is 6.18 Å². The van der Waals surface area contributed by atoms with Crippen LogP contribution < -0.4 is 5.73 Å². The molecule has 1 saturated carbocycles. The van der Waals surface area contributed by atoms with Crippen LogP contribution in [0, 0.1) is 5.92 Å². The summed E-state index contributed by atoms with van der Waals surface area (Å²) < 4.78 is 37.4. The molecule has 0 heterocycles. The van der Waals surface area contributed by atoms with Crippen molar-refractivity contribution in [2.24, 2.45) is 11.7 Å². The van der Waals surface area contributed by atoms with Gasteiger partial charge in [0.2, 0.25) is 0 Å². The summed E-state index contributed by atoms with van der Waals surface area (Å²) in [5.41, 5.74) is 5.21. The van der Waals surface area contributed by atoms with Crippen molar-refractivity contribution in [1.29, 1.82) is 0 Å². The number of benzene rings is 1. The molecule has 0 aromatic heterocycles. The van der Waals surface area contributed by atoms with Crippen molar-refractivity contribution < 1.29 is 18.3 Å². The number of aromatic hydroxyl groups is 1. The van der Waals surface area contributed by atoms with Gasteiger partial charge in [-0.1, -0.05) is 0 Å². The molecule has 0 unspecified atom stereocenters. The third-order valence-electron chi connectivity index (χ3n) is 2.84. The largest absolute Gasteiger partial charge is 0.508 e. The maximum atomic E-state index is 12.5. The summed E-state index contributed by atoms with van der Waals surface area (Å²) >= 11 is 0. The van der Waals surface area contributed by atoms with Gasteiger partial charge in [-0.25, -0.2) is 0 Å². The molecule has 0 aliphatic heterocycles. The van der Waals surface area contributed by atoms with Gasteiger partial charge in [0.05, 0.1) is 5.56 Å². The third-order valence-corrected chi connectivity index (χ3v) is 2.84. The SMILES string of the molecule is N[C@H](c1cc(C(F)(F)F)ccc1O)C1CC1. The summed E-state index contributed by atoms with van der Waals surface area (Å²) in [6.45, 7) is 0. The maximum Gasteiger partial charge on any atom is 0.416 e. The molecule has 2 nitrogen and oxygen atoms in total. The summed E-state index contributed by atoms with van der Waals surface area (Å²) in [6, 6.07) is 2.36. The van der Waals surface area contributed by atoms with Crippen LogP contribution in [0.3, 0.4) is 0 Å². The predicted octanol–water partition coefficient (Wildman–Crippen LogP) is 2.82. The van der Waals surface area contributed by atoms with E-state index in [2.05, 4.69) is 0 Å². The number of phenolic OH excluding ortho intramolecular Hbond substituents is 1. The highest BCUT2D eigenvalue weighted by atomic mass is 19.4. The molecule has 1 atom stereocenters. The lowest BCUT2D eigenvalue weighted by molar-refractivity contribution is -0.137. The van der Waals surface area contributed by atoms with E-state index in [0.29, 0.717) is 0 Å². The average Bonchev–Trinajstić information content (AvgIpc) is 2.98. The molecule has 1 aliphatic rings. The summed E-state index contributed by atoms with van der Waals surface area (Å²) in [4.78, 5) is 0. The lowest BCUT2D eigenvalue weighted by Gasteiger charge is -2.15. The Labute approximate surface area is 90.9 Å². The fourth-order valence-corrected chi connectivity index (χ4v) is 1.71. The standard InChI is InChI=1S/C11H12F3NO/c12-11(13,14)7-3-4-9(16)8(5-7)10(15)6-1-2-6/h3-6,10,16H,1-2,15H2/t10-/m0/s1. The van der Waals surface area contributed by atoms with E-state index in [0.717, 1.165) is 31.0 Å². The van der Waals surface area contributed by atoms with Crippen LogP contribution in [0.1, 0.15) is 30.0 Å². The van der Waals surface area contributed by atoms with Crippen molar-refractivity contribution in [1.82, 2.24) is 0 Å². The first-order valence-corrected chi connectivity index (χ1v) is 5.05. The number of hydrogen-bond acceptors (Lipinski definition) is 2. The zero-order valence-corrected chi connectivity index (χ0v) is 8.46. The lowest BCUT2D eigenvalue weighted by atomic mass is 9.99. The molecular formula is C11H12F3NO. The molecule has 5 heteroatoms. The van der Waals surface area contributed by atoms with E-state index in [1.54, 1.807) is 0 Å². The molecule has 0 saturated heterocycles. The molecular weight excluding hydrogens is 219 g/mol. The van der Waals surface area contributed by atoms with E-state index in [1.807, 2.05) is 0 Å². The molecule has 1 fully saturated rings. The van der Waals surface area contributed by atoms with E-state index in [4.69, 9.17) is 5.73 Å². The topological polar surface area (TPSA) is 46.2 Å². The van der Waals surface area contributed by atoms with Crippen LogP contribution in [0.15, 0.2) is 18.2 Å². The summed E-state index contributed by atoms with van der Waals surface area (Å²) in [7, 11) is 0. The highest BCUT2D eigenvalue weighted by molar-refractivity contribution is 5.40. The quantitative estimate of drug-likeness (QED) is 0.822. The fourth-order valence-electron chi connectivity index (χ4n) is 1.71. The molecule has 0 amide bonds. The van der Waals surface area contributed by atoms with Gasteiger partial charge in [-0.15, -0.1) is 0 Å². The Kier molecular flexibility index (Phi) is 2.58. The molecule has 0 radical (unpaired) electrons. The molecule has 1 aromatic carbocycles. The minimum absolute atomic E-state index is 0.160. The van der Waals surface area contributed by atoms with Crippen molar-refractivity contribution in [3.05, 3.63) is 29.3 Å². The number of rotatable bonds is 2. The second-order valence-corrected chi connectivity index (χ2v) is 4.13. The Morgan fingerprint density at radius 3 is 2.44 bits per heavy atom. The van der Waals surface area contributed by atoms with Gasteiger partial charge in [0.1, 0.15) is 5.75 Å². The van der Waals surface area contributed by atoms with Crippen LogP contribution in [0.5, 0.6) is 5.75 Å². The van der Waals surface area contributed by atoms with Gasteiger partial charge in [-0.3, -0.25) is 0 Å². The Bertz CT molecular complexity index is 399. The van der Waals surface area contributed by atoms with E-state index >= 15 is 0 Å². The molecule has 16 heavy (non-hydrogen) atoms. The highest BCUT2D eigenvalue weighted by Crippen LogP contribution is 2.43. The summed E-state index contributed by atoms with van der Waals surface area (Å²) in [6.07, 6.45) is -2.57. The zero-order chi connectivity index (χ0) is 11.9. The van der Waals surface area contributed by atoms with Gasteiger partial charge in [-0.2, -0.15) is 13.2 Å². The highest BCUT2D eigenvalue weighted by Gasteiger charge is 2.35. The van der Waals surface area contributed by atoms with E-state index in [-0.39, 0.29) is 17.2 Å². The number of nitrogens with two attached hydrogens (primary N) is 1. The lowest BCUT2D eigenvalue weighted by Crippen LogP contribution is -2.14. The van der Waals surface area contributed by atoms with Crippen molar-refractivity contribution in [2.75, 3.05) is 0 Å². The maximum absolute atomic E-state index is 12.5. The molecule has 1 aromatic rings. The summed E-state index contributed by atoms with van der Waals surface area (Å²) in [5.74, 6) is 0.0433. The predicted molar refractivity (Wildman–Crippen MR) is 52.8 cm³/mol. The summed E-state index contributed by atoms with van der Waals surface area (Å²) in [5, 5.41) is 9.50. The molecule has 1 aliphatic carbocycles. The van der Waals surface area contributed by atoms with Crippen molar-refractivity contribution in [2.45, 2.75) is 25.1 Å². The molecule has 88 valence electrons. The number of hydrogen-bond donors (Lipinski definition) is 2. The van der Waals surface area contributed by atoms with Crippen molar-refractivity contribution in [3.8, 4) is 5.75 Å². The Hall–Kier alpha value is -1.23. The van der Waals surface area contributed by atoms with Gasteiger partial charge in [-0.05, 0) is 37.0 Å². The van der Waals surface area contributed by atoms with Crippen LogP contribution >= 0.6 is 0 Å². The smallest absolute Gasteiger partial charge is 0.416 e. The van der Waals surface area contributed by atoms with Gasteiger partial charge in [0.15, 0.2) is 0 Å². The Balaban J connectivity index is 2.36. The normalized spacial score (nSPS) is 18.5.